The van der Waals surface area contributed by atoms with Crippen molar-refractivity contribution in [1.82, 2.24) is 5.32 Å². The Balaban J connectivity index is 1.81. The maximum atomic E-state index is 6.11. The number of benzene rings is 3. The molecule has 0 aromatic heterocycles. The van der Waals surface area contributed by atoms with Crippen molar-refractivity contribution in [3.05, 3.63) is 87.4 Å². The third kappa shape index (κ3) is 4.16. The molecule has 0 amide bonds. The van der Waals surface area contributed by atoms with E-state index in [-0.39, 0.29) is 12.1 Å². The number of hydrogen-bond donors (Lipinski definition) is 1. The van der Waals surface area contributed by atoms with Crippen LogP contribution >= 0.6 is 23.2 Å². The number of rotatable bonds is 6. The summed E-state index contributed by atoms with van der Waals surface area (Å²) in [4.78, 5) is 5.03. The Hall–Kier alpha value is -2.89. The zero-order chi connectivity index (χ0) is 22.0. The SMILES string of the molecule is COc1ccc(C2=NC(c3ccc(Cl)cc3)C(c3ccc(Cl)cc3)N2)c(OC)c1OC. The van der Waals surface area contributed by atoms with Crippen LogP contribution in [0.2, 0.25) is 10.0 Å². The molecule has 0 radical (unpaired) electrons. The van der Waals surface area contributed by atoms with E-state index in [0.29, 0.717) is 33.1 Å². The summed E-state index contributed by atoms with van der Waals surface area (Å²) in [6.07, 6.45) is 0. The maximum absolute atomic E-state index is 6.11. The lowest BCUT2D eigenvalue weighted by atomic mass is 9.95. The van der Waals surface area contributed by atoms with Crippen LogP contribution in [0.3, 0.4) is 0 Å². The molecule has 1 heterocycles. The second-order valence-electron chi connectivity index (χ2n) is 7.03. The van der Waals surface area contributed by atoms with Gasteiger partial charge in [-0.3, -0.25) is 4.99 Å². The molecule has 3 aromatic carbocycles. The minimum atomic E-state index is -0.161. The number of methoxy groups -OCH3 is 3. The van der Waals surface area contributed by atoms with Crippen LogP contribution in [-0.4, -0.2) is 27.2 Å². The highest BCUT2D eigenvalue weighted by atomic mass is 35.5. The fourth-order valence-electron chi connectivity index (χ4n) is 3.77. The van der Waals surface area contributed by atoms with E-state index in [9.17, 15) is 0 Å². The summed E-state index contributed by atoms with van der Waals surface area (Å²) in [6.45, 7) is 0. The van der Waals surface area contributed by atoms with Crippen LogP contribution in [0.5, 0.6) is 17.2 Å². The van der Waals surface area contributed by atoms with E-state index in [1.165, 1.54) is 0 Å². The Morgan fingerprint density at radius 3 is 1.84 bits per heavy atom. The monoisotopic (exact) mass is 456 g/mol. The second kappa shape index (κ2) is 9.08. The second-order valence-corrected chi connectivity index (χ2v) is 7.90. The van der Waals surface area contributed by atoms with Crippen molar-refractivity contribution in [3.63, 3.8) is 0 Å². The molecule has 0 bridgehead atoms. The molecule has 4 rings (SSSR count). The van der Waals surface area contributed by atoms with E-state index >= 15 is 0 Å². The van der Waals surface area contributed by atoms with Gasteiger partial charge in [-0.25, -0.2) is 0 Å². The summed E-state index contributed by atoms with van der Waals surface area (Å²) < 4.78 is 16.6. The van der Waals surface area contributed by atoms with Crippen LogP contribution in [0.1, 0.15) is 28.8 Å². The number of aliphatic imine (C=N–C) groups is 1. The predicted octanol–water partition coefficient (Wildman–Crippen LogP) is 5.85. The average Bonchev–Trinajstić information content (AvgIpc) is 3.24. The van der Waals surface area contributed by atoms with Crippen LogP contribution < -0.4 is 19.5 Å². The number of amidine groups is 1. The van der Waals surface area contributed by atoms with Crippen LogP contribution in [0, 0.1) is 0 Å². The summed E-state index contributed by atoms with van der Waals surface area (Å²) >= 11 is 12.2. The third-order valence-corrected chi connectivity index (χ3v) is 5.78. The maximum Gasteiger partial charge on any atom is 0.204 e. The van der Waals surface area contributed by atoms with Crippen molar-refractivity contribution in [2.45, 2.75) is 12.1 Å². The Bertz CT molecular complexity index is 1100. The molecule has 0 fully saturated rings. The first kappa shape index (κ1) is 21.3. The lowest BCUT2D eigenvalue weighted by Crippen LogP contribution is -2.25. The predicted molar refractivity (Wildman–Crippen MR) is 124 cm³/mol. The van der Waals surface area contributed by atoms with E-state index in [2.05, 4.69) is 5.32 Å². The molecule has 1 N–H and O–H groups in total. The average molecular weight is 457 g/mol. The van der Waals surface area contributed by atoms with E-state index in [1.807, 2.05) is 60.7 Å². The van der Waals surface area contributed by atoms with Gasteiger partial charge in [0.05, 0.1) is 32.9 Å². The zero-order valence-corrected chi connectivity index (χ0v) is 18.9. The highest BCUT2D eigenvalue weighted by molar-refractivity contribution is 6.30. The first-order valence-corrected chi connectivity index (χ1v) is 10.5. The molecule has 0 saturated carbocycles. The van der Waals surface area contributed by atoms with Crippen molar-refractivity contribution in [2.75, 3.05) is 21.3 Å². The van der Waals surface area contributed by atoms with Gasteiger partial charge in [-0.1, -0.05) is 47.5 Å². The summed E-state index contributed by atoms with van der Waals surface area (Å²) in [5.41, 5.74) is 2.91. The molecule has 7 heteroatoms. The van der Waals surface area contributed by atoms with Gasteiger partial charge in [0, 0.05) is 10.0 Å². The molecule has 3 aromatic rings. The number of hydrogen-bond acceptors (Lipinski definition) is 5. The smallest absolute Gasteiger partial charge is 0.204 e. The molecule has 5 nitrogen and oxygen atoms in total. The van der Waals surface area contributed by atoms with Gasteiger partial charge in [-0.2, -0.15) is 0 Å². The van der Waals surface area contributed by atoms with Crippen molar-refractivity contribution in [3.8, 4) is 17.2 Å². The molecule has 2 atom stereocenters. The zero-order valence-electron chi connectivity index (χ0n) is 17.4. The molecule has 2 unspecified atom stereocenters. The van der Waals surface area contributed by atoms with Gasteiger partial charge in [0.15, 0.2) is 11.5 Å². The van der Waals surface area contributed by atoms with Crippen LogP contribution in [0.15, 0.2) is 65.7 Å². The van der Waals surface area contributed by atoms with Gasteiger partial charge in [0.25, 0.3) is 0 Å². The standard InChI is InChI=1S/C24H22Cl2N2O3/c1-29-19-13-12-18(22(30-2)23(19)31-3)24-27-20(14-4-8-16(25)9-5-14)21(28-24)15-6-10-17(26)11-7-15/h4-13,20-21H,1-3H3,(H,27,28). The van der Waals surface area contributed by atoms with Gasteiger partial charge < -0.3 is 19.5 Å². The Morgan fingerprint density at radius 2 is 1.29 bits per heavy atom. The Labute approximate surface area is 191 Å². The molecule has 31 heavy (non-hydrogen) atoms. The van der Waals surface area contributed by atoms with E-state index < -0.39 is 0 Å². The number of nitrogens with one attached hydrogen (secondary N) is 1. The van der Waals surface area contributed by atoms with Crippen molar-refractivity contribution < 1.29 is 14.2 Å². The fourth-order valence-corrected chi connectivity index (χ4v) is 4.03. The van der Waals surface area contributed by atoms with E-state index in [1.54, 1.807) is 21.3 Å². The first-order chi connectivity index (χ1) is 15.0. The van der Waals surface area contributed by atoms with Gasteiger partial charge in [0.2, 0.25) is 5.75 Å². The third-order valence-electron chi connectivity index (χ3n) is 5.28. The molecular formula is C24H22Cl2N2O3. The minimum Gasteiger partial charge on any atom is -0.493 e. The molecule has 1 aliphatic rings. The number of halogens is 2. The fraction of sp³-hybridized carbons (Fsp3) is 0.208. The van der Waals surface area contributed by atoms with Gasteiger partial charge in [-0.05, 0) is 47.5 Å². The number of ether oxygens (including phenoxy) is 3. The van der Waals surface area contributed by atoms with Crippen molar-refractivity contribution in [2.24, 2.45) is 4.99 Å². The number of nitrogens with zero attached hydrogens (tertiary/aromatic N) is 1. The molecule has 0 spiro atoms. The van der Waals surface area contributed by atoms with Gasteiger partial charge in [0.1, 0.15) is 11.9 Å². The largest absolute Gasteiger partial charge is 0.493 e. The molecule has 160 valence electrons. The molecule has 0 saturated heterocycles. The molecule has 0 aliphatic carbocycles. The topological polar surface area (TPSA) is 52.1 Å². The van der Waals surface area contributed by atoms with Crippen molar-refractivity contribution in [1.29, 1.82) is 0 Å². The van der Waals surface area contributed by atoms with Gasteiger partial charge >= 0.3 is 0 Å². The lowest BCUT2D eigenvalue weighted by Gasteiger charge is -2.20. The summed E-state index contributed by atoms with van der Waals surface area (Å²) in [7, 11) is 4.78. The van der Waals surface area contributed by atoms with Crippen LogP contribution in [-0.2, 0) is 0 Å². The van der Waals surface area contributed by atoms with Crippen molar-refractivity contribution >= 4 is 29.0 Å². The Kier molecular flexibility index (Phi) is 6.25. The first-order valence-electron chi connectivity index (χ1n) is 9.70. The van der Waals surface area contributed by atoms with Crippen LogP contribution in [0.25, 0.3) is 0 Å². The quantitative estimate of drug-likeness (QED) is 0.505. The van der Waals surface area contributed by atoms with E-state index in [0.717, 1.165) is 16.7 Å². The Morgan fingerprint density at radius 1 is 0.710 bits per heavy atom. The van der Waals surface area contributed by atoms with Gasteiger partial charge in [-0.15, -0.1) is 0 Å². The summed E-state index contributed by atoms with van der Waals surface area (Å²) in [5, 5.41) is 4.94. The highest BCUT2D eigenvalue weighted by Crippen LogP contribution is 2.43. The minimum absolute atomic E-state index is 0.0914. The highest BCUT2D eigenvalue weighted by Gasteiger charge is 2.33. The molecular weight excluding hydrogens is 435 g/mol. The normalized spacial score (nSPS) is 17.6. The van der Waals surface area contributed by atoms with E-state index in [4.69, 9.17) is 42.4 Å². The summed E-state index contributed by atoms with van der Waals surface area (Å²) in [5.74, 6) is 2.37. The summed E-state index contributed by atoms with van der Waals surface area (Å²) in [6, 6.07) is 19.0. The molecule has 1 aliphatic heterocycles. The lowest BCUT2D eigenvalue weighted by molar-refractivity contribution is 0.324. The van der Waals surface area contributed by atoms with Crippen LogP contribution in [0.4, 0.5) is 0 Å².